The standard InChI is InChI=1S/C35H20N2O2S/c38-33-27-17-22-10-4-5-11-23(22)18-28(27)34(39)29(33)19-32-36-35-30(37(32)24-13-2-1-3-14-24)20-31(40-35)26-16-8-12-21-9-6-7-15-25(21)26/h1-20H. The van der Waals surface area contributed by atoms with Gasteiger partial charge in [0, 0.05) is 21.7 Å². The Hall–Kier alpha value is -5.13. The number of fused-ring (bicyclic) bond motifs is 4. The van der Waals surface area contributed by atoms with Crippen LogP contribution in [-0.2, 0) is 0 Å². The first kappa shape index (κ1) is 22.8. The van der Waals surface area contributed by atoms with Crippen LogP contribution in [0.3, 0.4) is 0 Å². The van der Waals surface area contributed by atoms with Crippen molar-refractivity contribution in [1.29, 1.82) is 0 Å². The third-order valence-corrected chi connectivity index (χ3v) is 8.64. The SMILES string of the molecule is O=C1C(=Cc2nc3sc(-c4cccc5ccccc45)cc3n2-c2ccccc2)C(=O)c2cc3ccccc3cc21. The van der Waals surface area contributed by atoms with Gasteiger partial charge in [0.2, 0.25) is 0 Å². The second-order valence-electron chi connectivity index (χ2n) is 9.93. The van der Waals surface area contributed by atoms with Gasteiger partial charge in [-0.1, -0.05) is 84.9 Å². The fourth-order valence-electron chi connectivity index (χ4n) is 5.68. The lowest BCUT2D eigenvalue weighted by molar-refractivity contribution is 0.0990. The molecule has 8 rings (SSSR count). The van der Waals surface area contributed by atoms with Crippen molar-refractivity contribution in [2.45, 2.75) is 0 Å². The van der Waals surface area contributed by atoms with Crippen molar-refractivity contribution in [1.82, 2.24) is 9.55 Å². The van der Waals surface area contributed by atoms with Gasteiger partial charge >= 0.3 is 0 Å². The van der Waals surface area contributed by atoms with Crippen molar-refractivity contribution in [2.75, 3.05) is 0 Å². The first-order valence-electron chi connectivity index (χ1n) is 13.1. The predicted molar refractivity (Wildman–Crippen MR) is 162 cm³/mol. The van der Waals surface area contributed by atoms with Gasteiger partial charge in [-0.2, -0.15) is 0 Å². The maximum Gasteiger partial charge on any atom is 0.197 e. The summed E-state index contributed by atoms with van der Waals surface area (Å²) in [5.74, 6) is 0.0484. The zero-order valence-corrected chi connectivity index (χ0v) is 22.0. The summed E-state index contributed by atoms with van der Waals surface area (Å²) >= 11 is 1.61. The smallest absolute Gasteiger partial charge is 0.197 e. The fraction of sp³-hybridized carbons (Fsp3) is 0. The summed E-state index contributed by atoms with van der Waals surface area (Å²) in [4.78, 5) is 33.9. The highest BCUT2D eigenvalue weighted by Crippen LogP contribution is 2.39. The van der Waals surface area contributed by atoms with Crippen molar-refractivity contribution in [3.63, 3.8) is 0 Å². The number of carbonyl (C=O) groups is 2. The summed E-state index contributed by atoms with van der Waals surface area (Å²) in [7, 11) is 0. The Morgan fingerprint density at radius 2 is 1.25 bits per heavy atom. The number of aromatic nitrogens is 2. The number of benzene rings is 5. The van der Waals surface area contributed by atoms with E-state index in [1.54, 1.807) is 17.4 Å². The zero-order chi connectivity index (χ0) is 26.8. The van der Waals surface area contributed by atoms with Gasteiger partial charge in [-0.05, 0) is 63.5 Å². The van der Waals surface area contributed by atoms with Gasteiger partial charge in [0.15, 0.2) is 11.6 Å². The molecule has 0 N–H and O–H groups in total. The van der Waals surface area contributed by atoms with E-state index in [1.807, 2.05) is 77.4 Å². The molecular weight excluding hydrogens is 512 g/mol. The second kappa shape index (κ2) is 8.70. The zero-order valence-electron chi connectivity index (χ0n) is 21.2. The first-order chi connectivity index (χ1) is 19.7. The van der Waals surface area contributed by atoms with E-state index in [0.717, 1.165) is 37.2 Å². The number of hydrogen-bond donors (Lipinski definition) is 0. The van der Waals surface area contributed by atoms with Crippen LogP contribution >= 0.6 is 11.3 Å². The third kappa shape index (κ3) is 3.42. The van der Waals surface area contributed by atoms with E-state index >= 15 is 0 Å². The van der Waals surface area contributed by atoms with Crippen molar-refractivity contribution in [3.8, 4) is 16.1 Å². The van der Waals surface area contributed by atoms with E-state index in [1.165, 1.54) is 10.8 Å². The lowest BCUT2D eigenvalue weighted by Crippen LogP contribution is -2.03. The molecule has 40 heavy (non-hydrogen) atoms. The molecule has 188 valence electrons. The van der Waals surface area contributed by atoms with Crippen LogP contribution in [-0.4, -0.2) is 21.1 Å². The molecule has 0 bridgehead atoms. The molecule has 7 aromatic rings. The Bertz CT molecular complexity index is 2140. The lowest BCUT2D eigenvalue weighted by atomic mass is 10.0. The molecule has 5 aromatic carbocycles. The van der Waals surface area contributed by atoms with Gasteiger partial charge in [0.25, 0.3) is 0 Å². The molecular formula is C35H20N2O2S. The van der Waals surface area contributed by atoms with Crippen molar-refractivity contribution in [3.05, 3.63) is 138 Å². The molecule has 0 unspecified atom stereocenters. The Morgan fingerprint density at radius 3 is 1.98 bits per heavy atom. The van der Waals surface area contributed by atoms with Crippen molar-refractivity contribution in [2.24, 2.45) is 0 Å². The Balaban J connectivity index is 1.31. The molecule has 0 fully saturated rings. The lowest BCUT2D eigenvalue weighted by Gasteiger charge is -2.07. The first-order valence-corrected chi connectivity index (χ1v) is 13.9. The van der Waals surface area contributed by atoms with E-state index < -0.39 is 0 Å². The normalized spacial score (nSPS) is 13.1. The van der Waals surface area contributed by atoms with E-state index in [-0.39, 0.29) is 17.1 Å². The maximum absolute atomic E-state index is 13.5. The average molecular weight is 533 g/mol. The molecule has 0 radical (unpaired) electrons. The Morgan fingerprint density at radius 1 is 0.625 bits per heavy atom. The highest BCUT2D eigenvalue weighted by molar-refractivity contribution is 7.21. The number of ketones is 2. The average Bonchev–Trinajstić information content (AvgIpc) is 3.62. The molecule has 2 heterocycles. The summed E-state index contributed by atoms with van der Waals surface area (Å²) in [5, 5.41) is 4.26. The quantitative estimate of drug-likeness (QED) is 0.169. The number of Topliss-reactive ketones (excluding diaryl/α,β-unsaturated/α-hetero) is 2. The van der Waals surface area contributed by atoms with Gasteiger partial charge in [0.05, 0.1) is 11.1 Å². The molecule has 2 aromatic heterocycles. The van der Waals surface area contributed by atoms with Gasteiger partial charge < -0.3 is 0 Å². The van der Waals surface area contributed by atoms with Gasteiger partial charge in [-0.25, -0.2) is 4.98 Å². The van der Waals surface area contributed by atoms with Gasteiger partial charge in [-0.15, -0.1) is 11.3 Å². The molecule has 0 atom stereocenters. The topological polar surface area (TPSA) is 52.0 Å². The molecule has 0 saturated carbocycles. The van der Waals surface area contributed by atoms with Crippen LogP contribution in [0.2, 0.25) is 0 Å². The molecule has 0 amide bonds. The largest absolute Gasteiger partial charge is 0.292 e. The van der Waals surface area contributed by atoms with Crippen LogP contribution < -0.4 is 0 Å². The molecule has 0 aliphatic heterocycles. The van der Waals surface area contributed by atoms with Crippen LogP contribution in [0.1, 0.15) is 26.5 Å². The third-order valence-electron chi connectivity index (χ3n) is 7.59. The maximum atomic E-state index is 13.5. The molecule has 4 nitrogen and oxygen atoms in total. The second-order valence-corrected chi connectivity index (χ2v) is 11.0. The van der Waals surface area contributed by atoms with E-state index in [9.17, 15) is 9.59 Å². The number of carbonyl (C=O) groups excluding carboxylic acids is 2. The number of nitrogens with zero attached hydrogens (tertiary/aromatic N) is 2. The van der Waals surface area contributed by atoms with Gasteiger partial charge in [-0.3, -0.25) is 14.2 Å². The summed E-state index contributed by atoms with van der Waals surface area (Å²) < 4.78 is 2.04. The molecule has 1 aliphatic carbocycles. The molecule has 5 heteroatoms. The highest BCUT2D eigenvalue weighted by Gasteiger charge is 2.34. The van der Waals surface area contributed by atoms with Crippen LogP contribution in [0.15, 0.2) is 121 Å². The van der Waals surface area contributed by atoms with Crippen LogP contribution in [0.4, 0.5) is 0 Å². The van der Waals surface area contributed by atoms with E-state index in [2.05, 4.69) is 42.5 Å². The minimum absolute atomic E-state index is 0.148. The van der Waals surface area contributed by atoms with Crippen LogP contribution in [0, 0.1) is 0 Å². The highest BCUT2D eigenvalue weighted by atomic mass is 32.1. The molecule has 1 aliphatic rings. The van der Waals surface area contributed by atoms with E-state index in [0.29, 0.717) is 17.0 Å². The Kier molecular flexibility index (Phi) is 4.96. The van der Waals surface area contributed by atoms with Crippen molar-refractivity contribution >= 4 is 60.9 Å². The summed E-state index contributed by atoms with van der Waals surface area (Å²) in [6, 6.07) is 38.2. The summed E-state index contributed by atoms with van der Waals surface area (Å²) in [5.41, 5.74) is 4.06. The predicted octanol–water partition coefficient (Wildman–Crippen LogP) is 8.52. The number of rotatable bonds is 3. The van der Waals surface area contributed by atoms with Crippen LogP contribution in [0.5, 0.6) is 0 Å². The molecule has 0 spiro atoms. The van der Waals surface area contributed by atoms with Crippen molar-refractivity contribution < 1.29 is 9.59 Å². The summed E-state index contributed by atoms with van der Waals surface area (Å²) in [6.45, 7) is 0. The Labute approximate surface area is 233 Å². The van der Waals surface area contributed by atoms with E-state index in [4.69, 9.17) is 4.98 Å². The fourth-order valence-corrected chi connectivity index (χ4v) is 6.74. The number of thiophene rings is 1. The van der Waals surface area contributed by atoms with Gasteiger partial charge in [0.1, 0.15) is 10.7 Å². The minimum atomic E-state index is -0.256. The number of imidazole rings is 1. The van der Waals surface area contributed by atoms with Crippen LogP contribution in [0.25, 0.3) is 54.1 Å². The number of para-hydroxylation sites is 1. The monoisotopic (exact) mass is 532 g/mol. The molecule has 0 saturated heterocycles. The minimum Gasteiger partial charge on any atom is -0.292 e. The summed E-state index contributed by atoms with van der Waals surface area (Å²) in [6.07, 6.45) is 1.66. The number of allylic oxidation sites excluding steroid dienone is 1. The number of hydrogen-bond acceptors (Lipinski definition) is 4.